The van der Waals surface area contributed by atoms with E-state index in [1.165, 1.54) is 7.11 Å². The van der Waals surface area contributed by atoms with Crippen LogP contribution in [0.25, 0.3) is 11.2 Å². The number of carbonyl (C=O) groups excluding carboxylic acids is 1. The zero-order valence-corrected chi connectivity index (χ0v) is 18.2. The number of fused-ring (bicyclic) bond motifs is 1. The first-order chi connectivity index (χ1) is 15.6. The van der Waals surface area contributed by atoms with E-state index in [4.69, 9.17) is 14.2 Å². The maximum absolute atomic E-state index is 12.5. The minimum atomic E-state index is -0.259. The fraction of sp³-hybridized carbons (Fsp3) is 0.455. The standard InChI is InChI=1S/C22H27N5O5/c1-30-10-11-32-21-23-12-17-19(25-21)27(22(29)24-17)14-16-7-5-15(6-8-16)13-26-9-3-4-18(26)20(28)31-2/h5-8,12,18H,3-4,9-11,13-14H2,1-2H3,(H,24,29). The van der Waals surface area contributed by atoms with Crippen molar-refractivity contribution in [1.29, 1.82) is 0 Å². The maximum Gasteiger partial charge on any atom is 0.328 e. The van der Waals surface area contributed by atoms with E-state index in [1.54, 1.807) is 17.9 Å². The lowest BCUT2D eigenvalue weighted by Crippen LogP contribution is -2.36. The highest BCUT2D eigenvalue weighted by atomic mass is 16.5. The number of nitrogens with zero attached hydrogens (tertiary/aromatic N) is 4. The summed E-state index contributed by atoms with van der Waals surface area (Å²) in [6.45, 7) is 2.67. The number of methoxy groups -OCH3 is 2. The average molecular weight is 441 g/mol. The van der Waals surface area contributed by atoms with Gasteiger partial charge in [-0.15, -0.1) is 0 Å². The zero-order chi connectivity index (χ0) is 22.5. The summed E-state index contributed by atoms with van der Waals surface area (Å²) >= 11 is 0. The minimum absolute atomic E-state index is 0.176. The van der Waals surface area contributed by atoms with Crippen LogP contribution in [0, 0.1) is 0 Å². The summed E-state index contributed by atoms with van der Waals surface area (Å²) in [7, 11) is 3.02. The molecule has 1 aromatic carbocycles. The van der Waals surface area contributed by atoms with Crippen LogP contribution in [0.15, 0.2) is 35.3 Å². The molecule has 0 saturated carbocycles. The van der Waals surface area contributed by atoms with Crippen molar-refractivity contribution < 1.29 is 19.0 Å². The molecule has 32 heavy (non-hydrogen) atoms. The number of aromatic amines is 1. The van der Waals surface area contributed by atoms with Crippen molar-refractivity contribution in [2.75, 3.05) is 34.0 Å². The van der Waals surface area contributed by atoms with Gasteiger partial charge in [0, 0.05) is 13.7 Å². The Labute approximate surface area is 185 Å². The molecule has 0 radical (unpaired) electrons. The summed E-state index contributed by atoms with van der Waals surface area (Å²) in [5.74, 6) is -0.176. The molecule has 0 amide bonds. The van der Waals surface area contributed by atoms with E-state index in [9.17, 15) is 9.59 Å². The summed E-state index contributed by atoms with van der Waals surface area (Å²) < 4.78 is 16.9. The summed E-state index contributed by atoms with van der Waals surface area (Å²) in [6.07, 6.45) is 3.35. The Kier molecular flexibility index (Phi) is 6.81. The van der Waals surface area contributed by atoms with Crippen LogP contribution in [-0.4, -0.2) is 70.4 Å². The first kappa shape index (κ1) is 22.0. The van der Waals surface area contributed by atoms with Gasteiger partial charge in [-0.2, -0.15) is 4.98 Å². The van der Waals surface area contributed by atoms with Crippen molar-refractivity contribution in [3.05, 3.63) is 52.1 Å². The number of likely N-dealkylation sites (tertiary alicyclic amines) is 1. The molecule has 1 aliphatic rings. The Morgan fingerprint density at radius 1 is 1.16 bits per heavy atom. The largest absolute Gasteiger partial charge is 0.468 e. The van der Waals surface area contributed by atoms with Gasteiger partial charge in [0.15, 0.2) is 5.65 Å². The molecule has 0 aliphatic carbocycles. The van der Waals surface area contributed by atoms with Crippen LogP contribution >= 0.6 is 0 Å². The van der Waals surface area contributed by atoms with Crippen molar-refractivity contribution in [2.45, 2.75) is 32.0 Å². The highest BCUT2D eigenvalue weighted by Gasteiger charge is 2.31. The predicted octanol–water partition coefficient (Wildman–Crippen LogP) is 1.33. The lowest BCUT2D eigenvalue weighted by molar-refractivity contribution is -0.146. The van der Waals surface area contributed by atoms with Gasteiger partial charge in [-0.3, -0.25) is 14.3 Å². The summed E-state index contributed by atoms with van der Waals surface area (Å²) in [4.78, 5) is 37.8. The van der Waals surface area contributed by atoms with E-state index >= 15 is 0 Å². The van der Waals surface area contributed by atoms with Crippen LogP contribution in [0.3, 0.4) is 0 Å². The molecular formula is C22H27N5O5. The summed E-state index contributed by atoms with van der Waals surface area (Å²) in [5.41, 5.74) is 2.84. The first-order valence-corrected chi connectivity index (χ1v) is 10.6. The van der Waals surface area contributed by atoms with Crippen LogP contribution in [0.2, 0.25) is 0 Å². The van der Waals surface area contributed by atoms with Crippen LogP contribution in [0.4, 0.5) is 0 Å². The lowest BCUT2D eigenvalue weighted by atomic mass is 10.1. The SMILES string of the molecule is COCCOc1ncc2[nH]c(=O)n(Cc3ccc(CN4CCCC4C(=O)OC)cc3)c2n1. The Morgan fingerprint density at radius 2 is 1.91 bits per heavy atom. The smallest absolute Gasteiger partial charge is 0.328 e. The van der Waals surface area contributed by atoms with Gasteiger partial charge in [0.2, 0.25) is 0 Å². The number of imidazole rings is 1. The number of nitrogens with one attached hydrogen (secondary N) is 1. The van der Waals surface area contributed by atoms with Crippen LogP contribution in [-0.2, 0) is 27.4 Å². The Hall–Kier alpha value is -3.24. The van der Waals surface area contributed by atoms with E-state index < -0.39 is 0 Å². The lowest BCUT2D eigenvalue weighted by Gasteiger charge is -2.22. The van der Waals surface area contributed by atoms with Crippen molar-refractivity contribution in [3.8, 4) is 6.01 Å². The third kappa shape index (κ3) is 4.81. The third-order valence-corrected chi connectivity index (χ3v) is 5.59. The van der Waals surface area contributed by atoms with Crippen molar-refractivity contribution >= 4 is 17.1 Å². The molecule has 2 aromatic heterocycles. The van der Waals surface area contributed by atoms with Crippen molar-refractivity contribution in [1.82, 2.24) is 24.4 Å². The van der Waals surface area contributed by atoms with Crippen LogP contribution in [0.5, 0.6) is 6.01 Å². The normalized spacial score (nSPS) is 16.5. The molecule has 1 fully saturated rings. The molecule has 1 atom stereocenters. The van der Waals surface area contributed by atoms with Crippen LogP contribution < -0.4 is 10.4 Å². The highest BCUT2D eigenvalue weighted by molar-refractivity contribution is 5.76. The van der Waals surface area contributed by atoms with Gasteiger partial charge in [-0.1, -0.05) is 24.3 Å². The van der Waals surface area contributed by atoms with Gasteiger partial charge >= 0.3 is 17.7 Å². The van der Waals surface area contributed by atoms with E-state index in [2.05, 4.69) is 19.9 Å². The number of rotatable bonds is 9. The Bertz CT molecular complexity index is 1120. The van der Waals surface area contributed by atoms with E-state index in [0.717, 1.165) is 30.5 Å². The number of hydrogen-bond acceptors (Lipinski definition) is 8. The molecule has 3 heterocycles. The average Bonchev–Trinajstić information content (AvgIpc) is 3.39. The molecule has 1 saturated heterocycles. The molecule has 1 aliphatic heterocycles. The number of ether oxygens (including phenoxy) is 3. The second-order valence-electron chi connectivity index (χ2n) is 7.72. The number of carbonyl (C=O) groups is 1. The fourth-order valence-electron chi connectivity index (χ4n) is 3.95. The molecule has 1 N–H and O–H groups in total. The molecule has 10 heteroatoms. The van der Waals surface area contributed by atoms with Gasteiger partial charge in [-0.25, -0.2) is 9.78 Å². The maximum atomic E-state index is 12.5. The van der Waals surface area contributed by atoms with Gasteiger partial charge in [0.1, 0.15) is 18.2 Å². The molecule has 1 unspecified atom stereocenters. The number of benzene rings is 1. The first-order valence-electron chi connectivity index (χ1n) is 10.6. The van der Waals surface area contributed by atoms with Crippen molar-refractivity contribution in [3.63, 3.8) is 0 Å². The van der Waals surface area contributed by atoms with E-state index in [0.29, 0.717) is 37.5 Å². The molecule has 170 valence electrons. The summed E-state index contributed by atoms with van der Waals surface area (Å²) in [5, 5.41) is 0. The molecule has 0 bridgehead atoms. The Morgan fingerprint density at radius 3 is 2.62 bits per heavy atom. The predicted molar refractivity (Wildman–Crippen MR) is 117 cm³/mol. The zero-order valence-electron chi connectivity index (χ0n) is 18.2. The monoisotopic (exact) mass is 441 g/mol. The fourth-order valence-corrected chi connectivity index (χ4v) is 3.95. The second kappa shape index (κ2) is 9.92. The van der Waals surface area contributed by atoms with Gasteiger partial charge < -0.3 is 19.2 Å². The molecular weight excluding hydrogens is 414 g/mol. The van der Waals surface area contributed by atoms with Gasteiger partial charge in [0.05, 0.1) is 26.5 Å². The highest BCUT2D eigenvalue weighted by Crippen LogP contribution is 2.21. The summed E-state index contributed by atoms with van der Waals surface area (Å²) in [6, 6.07) is 8.04. The number of esters is 1. The topological polar surface area (TPSA) is 112 Å². The third-order valence-electron chi connectivity index (χ3n) is 5.59. The van der Waals surface area contributed by atoms with E-state index in [-0.39, 0.29) is 23.7 Å². The number of H-pyrrole nitrogens is 1. The van der Waals surface area contributed by atoms with Crippen molar-refractivity contribution in [2.24, 2.45) is 0 Å². The van der Waals surface area contributed by atoms with Gasteiger partial charge in [-0.05, 0) is 30.5 Å². The second-order valence-corrected chi connectivity index (χ2v) is 7.72. The number of hydrogen-bond donors (Lipinski definition) is 1. The molecule has 4 rings (SSSR count). The quantitative estimate of drug-likeness (QED) is 0.391. The van der Waals surface area contributed by atoms with Gasteiger partial charge in [0.25, 0.3) is 0 Å². The van der Waals surface area contributed by atoms with Crippen LogP contribution in [0.1, 0.15) is 24.0 Å². The molecule has 0 spiro atoms. The molecule has 10 nitrogen and oxygen atoms in total. The Balaban J connectivity index is 1.47. The minimum Gasteiger partial charge on any atom is -0.468 e. The number of aromatic nitrogens is 4. The van der Waals surface area contributed by atoms with E-state index in [1.807, 2.05) is 24.3 Å². The molecule has 3 aromatic rings.